The highest BCUT2D eigenvalue weighted by Gasteiger charge is 2.22. The Morgan fingerprint density at radius 3 is 2.18 bits per heavy atom. The molecule has 1 rings (SSSR count). The van der Waals surface area contributed by atoms with Gasteiger partial charge in [-0.05, 0) is 33.1 Å². The van der Waals surface area contributed by atoms with E-state index in [0.717, 1.165) is 18.9 Å². The number of carbonyl (C=O) groups is 2. The minimum Gasteiger partial charge on any atom is -0.444 e. The molecule has 1 fully saturated rings. The topological polar surface area (TPSA) is 49.9 Å². The average Bonchev–Trinajstić information content (AvgIpc) is 2.43. The van der Waals surface area contributed by atoms with E-state index in [4.69, 9.17) is 4.74 Å². The SMILES string of the molecule is CN(CCC1CCCCC1)C(=O)CN(C)C(=O)OC(C)(C)C. The molecule has 0 saturated heterocycles. The smallest absolute Gasteiger partial charge is 0.410 e. The second-order valence-electron chi connectivity index (χ2n) is 7.44. The Morgan fingerprint density at radius 2 is 1.64 bits per heavy atom. The molecule has 0 bridgehead atoms. The van der Waals surface area contributed by atoms with E-state index in [1.54, 1.807) is 11.9 Å². The summed E-state index contributed by atoms with van der Waals surface area (Å²) in [6.45, 7) is 6.28. The number of ether oxygens (including phenoxy) is 1. The summed E-state index contributed by atoms with van der Waals surface area (Å²) in [5.74, 6) is 0.719. The van der Waals surface area contributed by atoms with Crippen molar-refractivity contribution in [1.82, 2.24) is 9.80 Å². The van der Waals surface area contributed by atoms with E-state index in [1.165, 1.54) is 37.0 Å². The molecule has 0 radical (unpaired) electrons. The predicted octanol–water partition coefficient (Wildman–Crippen LogP) is 3.28. The lowest BCUT2D eigenvalue weighted by Crippen LogP contribution is -2.42. The number of rotatable bonds is 5. The minimum atomic E-state index is -0.540. The number of amides is 2. The van der Waals surface area contributed by atoms with E-state index in [1.807, 2.05) is 27.8 Å². The number of likely N-dealkylation sites (N-methyl/N-ethyl adjacent to an activating group) is 2. The maximum Gasteiger partial charge on any atom is 0.410 e. The largest absolute Gasteiger partial charge is 0.444 e. The second kappa shape index (κ2) is 8.39. The number of hydrogen-bond donors (Lipinski definition) is 0. The molecule has 22 heavy (non-hydrogen) atoms. The molecule has 2 amide bonds. The van der Waals surface area contributed by atoms with Crippen molar-refractivity contribution in [1.29, 1.82) is 0 Å². The monoisotopic (exact) mass is 312 g/mol. The zero-order valence-corrected chi connectivity index (χ0v) is 14.9. The number of nitrogens with zero attached hydrogens (tertiary/aromatic N) is 2. The maximum absolute atomic E-state index is 12.2. The van der Waals surface area contributed by atoms with Crippen LogP contribution in [0.3, 0.4) is 0 Å². The van der Waals surface area contributed by atoms with Gasteiger partial charge in [0.05, 0.1) is 0 Å². The Kier molecular flexibility index (Phi) is 7.17. The van der Waals surface area contributed by atoms with Crippen LogP contribution in [0.15, 0.2) is 0 Å². The summed E-state index contributed by atoms with van der Waals surface area (Å²) in [5.41, 5.74) is -0.540. The highest BCUT2D eigenvalue weighted by atomic mass is 16.6. The summed E-state index contributed by atoms with van der Waals surface area (Å²) in [7, 11) is 3.41. The van der Waals surface area contributed by atoms with Gasteiger partial charge in [0, 0.05) is 20.6 Å². The van der Waals surface area contributed by atoms with Crippen LogP contribution in [-0.4, -0.2) is 54.6 Å². The van der Waals surface area contributed by atoms with Gasteiger partial charge < -0.3 is 14.5 Å². The highest BCUT2D eigenvalue weighted by molar-refractivity contribution is 5.82. The van der Waals surface area contributed by atoms with Gasteiger partial charge >= 0.3 is 6.09 Å². The van der Waals surface area contributed by atoms with Crippen molar-refractivity contribution in [3.8, 4) is 0 Å². The Balaban J connectivity index is 2.31. The van der Waals surface area contributed by atoms with Crippen molar-refractivity contribution in [2.24, 2.45) is 5.92 Å². The van der Waals surface area contributed by atoms with E-state index in [0.29, 0.717) is 0 Å². The quantitative estimate of drug-likeness (QED) is 0.783. The molecule has 1 aliphatic rings. The summed E-state index contributed by atoms with van der Waals surface area (Å²) in [5, 5.41) is 0. The predicted molar refractivity (Wildman–Crippen MR) is 87.7 cm³/mol. The molecule has 0 heterocycles. The fraction of sp³-hybridized carbons (Fsp3) is 0.882. The summed E-state index contributed by atoms with van der Waals surface area (Å²) in [6, 6.07) is 0. The molecule has 0 spiro atoms. The van der Waals surface area contributed by atoms with E-state index >= 15 is 0 Å². The summed E-state index contributed by atoms with van der Waals surface area (Å²) >= 11 is 0. The summed E-state index contributed by atoms with van der Waals surface area (Å²) in [6.07, 6.45) is 7.19. The van der Waals surface area contributed by atoms with Gasteiger partial charge in [0.1, 0.15) is 12.1 Å². The van der Waals surface area contributed by atoms with E-state index < -0.39 is 11.7 Å². The zero-order chi connectivity index (χ0) is 16.8. The molecule has 5 nitrogen and oxygen atoms in total. The molecule has 5 heteroatoms. The molecular formula is C17H32N2O3. The summed E-state index contributed by atoms with van der Waals surface area (Å²) < 4.78 is 5.25. The van der Waals surface area contributed by atoms with Crippen molar-refractivity contribution in [2.75, 3.05) is 27.2 Å². The van der Waals surface area contributed by atoms with E-state index in [2.05, 4.69) is 0 Å². The fourth-order valence-electron chi connectivity index (χ4n) is 2.70. The van der Waals surface area contributed by atoms with Crippen LogP contribution in [0.4, 0.5) is 4.79 Å². The van der Waals surface area contributed by atoms with Crippen molar-refractivity contribution >= 4 is 12.0 Å². The average molecular weight is 312 g/mol. The molecular weight excluding hydrogens is 280 g/mol. The molecule has 1 saturated carbocycles. The van der Waals surface area contributed by atoms with Crippen LogP contribution in [0.2, 0.25) is 0 Å². The van der Waals surface area contributed by atoms with Crippen molar-refractivity contribution in [2.45, 2.75) is 64.9 Å². The van der Waals surface area contributed by atoms with Gasteiger partial charge in [-0.2, -0.15) is 0 Å². The molecule has 0 unspecified atom stereocenters. The van der Waals surface area contributed by atoms with Crippen molar-refractivity contribution in [3.05, 3.63) is 0 Å². The second-order valence-corrected chi connectivity index (χ2v) is 7.44. The van der Waals surface area contributed by atoms with Gasteiger partial charge in [0.2, 0.25) is 5.91 Å². The van der Waals surface area contributed by atoms with Crippen LogP contribution in [0.25, 0.3) is 0 Å². The molecule has 0 aromatic rings. The van der Waals surface area contributed by atoms with Gasteiger partial charge in [-0.1, -0.05) is 32.1 Å². The van der Waals surface area contributed by atoms with Crippen LogP contribution in [0.5, 0.6) is 0 Å². The van der Waals surface area contributed by atoms with Gasteiger partial charge in [-0.25, -0.2) is 4.79 Å². The van der Waals surface area contributed by atoms with E-state index in [-0.39, 0.29) is 12.5 Å². The minimum absolute atomic E-state index is 0.0378. The number of carbonyl (C=O) groups excluding carboxylic acids is 2. The molecule has 1 aliphatic carbocycles. The van der Waals surface area contributed by atoms with Gasteiger partial charge in [-0.15, -0.1) is 0 Å². The Bertz CT molecular complexity index is 371. The van der Waals surface area contributed by atoms with Crippen LogP contribution in [0.1, 0.15) is 59.3 Å². The molecule has 0 aliphatic heterocycles. The lowest BCUT2D eigenvalue weighted by atomic mass is 9.87. The first-order chi connectivity index (χ1) is 10.2. The van der Waals surface area contributed by atoms with Crippen molar-refractivity contribution < 1.29 is 14.3 Å². The molecule has 0 aromatic heterocycles. The normalized spacial score (nSPS) is 16.2. The lowest BCUT2D eigenvalue weighted by molar-refractivity contribution is -0.131. The van der Waals surface area contributed by atoms with Crippen molar-refractivity contribution in [3.63, 3.8) is 0 Å². The first-order valence-corrected chi connectivity index (χ1v) is 8.37. The maximum atomic E-state index is 12.2. The van der Waals surface area contributed by atoms with Gasteiger partial charge in [0.15, 0.2) is 0 Å². The van der Waals surface area contributed by atoms with Crippen LogP contribution in [-0.2, 0) is 9.53 Å². The van der Waals surface area contributed by atoms with Crippen LogP contribution in [0, 0.1) is 5.92 Å². The Labute approximate surface area is 135 Å². The summed E-state index contributed by atoms with van der Waals surface area (Å²) in [4.78, 5) is 27.1. The third-order valence-corrected chi connectivity index (χ3v) is 4.10. The lowest BCUT2D eigenvalue weighted by Gasteiger charge is -2.27. The molecule has 0 aromatic carbocycles. The van der Waals surface area contributed by atoms with Crippen LogP contribution < -0.4 is 0 Å². The van der Waals surface area contributed by atoms with Crippen LogP contribution >= 0.6 is 0 Å². The van der Waals surface area contributed by atoms with Gasteiger partial charge in [0.25, 0.3) is 0 Å². The third-order valence-electron chi connectivity index (χ3n) is 4.10. The molecule has 128 valence electrons. The first-order valence-electron chi connectivity index (χ1n) is 8.37. The van der Waals surface area contributed by atoms with E-state index in [9.17, 15) is 9.59 Å². The number of hydrogen-bond acceptors (Lipinski definition) is 3. The Hall–Kier alpha value is -1.26. The standard InChI is InChI=1S/C17H32N2O3/c1-17(2,3)22-16(21)19(5)13-15(20)18(4)12-11-14-9-7-6-8-10-14/h14H,6-13H2,1-5H3. The highest BCUT2D eigenvalue weighted by Crippen LogP contribution is 2.26. The van der Waals surface area contributed by atoms with Gasteiger partial charge in [-0.3, -0.25) is 4.79 Å². The zero-order valence-electron chi connectivity index (χ0n) is 14.9. The first kappa shape index (κ1) is 18.8. The Morgan fingerprint density at radius 1 is 1.05 bits per heavy atom. The molecule has 0 N–H and O–H groups in total. The molecule has 0 atom stereocenters. The third kappa shape index (κ3) is 7.14. The fourth-order valence-corrected chi connectivity index (χ4v) is 2.70.